The maximum absolute atomic E-state index is 6.03. The van der Waals surface area contributed by atoms with E-state index in [1.165, 1.54) is 25.7 Å². The van der Waals surface area contributed by atoms with Crippen molar-refractivity contribution in [3.05, 3.63) is 24.9 Å². The van der Waals surface area contributed by atoms with Gasteiger partial charge < -0.3 is 10.3 Å². The van der Waals surface area contributed by atoms with Crippen molar-refractivity contribution in [3.63, 3.8) is 0 Å². The average molecular weight is 259 g/mol. The third kappa shape index (κ3) is 2.30. The van der Waals surface area contributed by atoms with Crippen molar-refractivity contribution >= 4 is 0 Å². The van der Waals surface area contributed by atoms with E-state index in [-0.39, 0.29) is 0 Å². The van der Waals surface area contributed by atoms with E-state index in [0.29, 0.717) is 18.5 Å². The Morgan fingerprint density at radius 3 is 2.79 bits per heavy atom. The van der Waals surface area contributed by atoms with Crippen molar-refractivity contribution < 1.29 is 0 Å². The third-order valence-electron chi connectivity index (χ3n) is 4.21. The fraction of sp³-hybridized carbons (Fsp3) is 0.571. The third-order valence-corrected chi connectivity index (χ3v) is 4.21. The van der Waals surface area contributed by atoms with Gasteiger partial charge in [-0.2, -0.15) is 5.10 Å². The summed E-state index contributed by atoms with van der Waals surface area (Å²) in [5, 5.41) is 4.24. The molecule has 1 fully saturated rings. The molecule has 5 nitrogen and oxygen atoms in total. The van der Waals surface area contributed by atoms with Gasteiger partial charge in [0.05, 0.1) is 30.5 Å². The fourth-order valence-electron chi connectivity index (χ4n) is 3.22. The second-order valence-corrected chi connectivity index (χ2v) is 5.44. The van der Waals surface area contributed by atoms with Gasteiger partial charge in [0.25, 0.3) is 0 Å². The monoisotopic (exact) mass is 259 g/mol. The van der Waals surface area contributed by atoms with Crippen LogP contribution in [0.3, 0.4) is 0 Å². The number of rotatable bonds is 4. The van der Waals surface area contributed by atoms with Gasteiger partial charge in [-0.3, -0.25) is 4.68 Å². The lowest BCUT2D eigenvalue weighted by molar-refractivity contribution is 0.344. The minimum atomic E-state index is 0.361. The molecule has 1 aliphatic carbocycles. The van der Waals surface area contributed by atoms with Crippen molar-refractivity contribution in [2.24, 2.45) is 18.7 Å². The summed E-state index contributed by atoms with van der Waals surface area (Å²) in [6.45, 7) is 0.675. The van der Waals surface area contributed by atoms with Crippen molar-refractivity contribution in [1.29, 1.82) is 0 Å². The molecule has 2 N–H and O–H groups in total. The van der Waals surface area contributed by atoms with Gasteiger partial charge >= 0.3 is 0 Å². The van der Waals surface area contributed by atoms with Gasteiger partial charge in [0, 0.05) is 25.4 Å². The predicted octanol–water partition coefficient (Wildman–Crippen LogP) is 1.97. The quantitative estimate of drug-likeness (QED) is 0.913. The molecule has 1 aliphatic rings. The molecular weight excluding hydrogens is 238 g/mol. The average Bonchev–Trinajstić information content (AvgIpc) is 3.10. The molecule has 0 aromatic carbocycles. The zero-order chi connectivity index (χ0) is 13.2. The second-order valence-electron chi connectivity index (χ2n) is 5.44. The summed E-state index contributed by atoms with van der Waals surface area (Å²) in [6.07, 6.45) is 13.0. The Morgan fingerprint density at radius 1 is 1.37 bits per heavy atom. The first-order chi connectivity index (χ1) is 9.29. The summed E-state index contributed by atoms with van der Waals surface area (Å²) in [5.41, 5.74) is 8.26. The van der Waals surface area contributed by atoms with Crippen LogP contribution in [0.15, 0.2) is 24.9 Å². The molecule has 19 heavy (non-hydrogen) atoms. The Bertz CT molecular complexity index is 536. The van der Waals surface area contributed by atoms with Crippen molar-refractivity contribution in [3.8, 4) is 11.3 Å². The van der Waals surface area contributed by atoms with Gasteiger partial charge in [-0.1, -0.05) is 12.8 Å². The predicted molar refractivity (Wildman–Crippen MR) is 74.5 cm³/mol. The molecule has 0 aliphatic heterocycles. The molecule has 2 aromatic rings. The van der Waals surface area contributed by atoms with Crippen LogP contribution in [0.4, 0.5) is 0 Å². The molecule has 0 radical (unpaired) electrons. The van der Waals surface area contributed by atoms with E-state index in [2.05, 4.69) is 14.6 Å². The number of imidazole rings is 1. The zero-order valence-corrected chi connectivity index (χ0v) is 11.4. The molecule has 102 valence electrons. The normalized spacial score (nSPS) is 18.0. The van der Waals surface area contributed by atoms with Crippen LogP contribution in [0, 0.1) is 5.92 Å². The lowest BCUT2D eigenvalue weighted by atomic mass is 9.97. The highest BCUT2D eigenvalue weighted by Gasteiger charge is 2.26. The number of nitrogens with zero attached hydrogens (tertiary/aromatic N) is 4. The van der Waals surface area contributed by atoms with Crippen LogP contribution in [0.25, 0.3) is 11.3 Å². The highest BCUT2D eigenvalue weighted by atomic mass is 15.2. The van der Waals surface area contributed by atoms with E-state index in [9.17, 15) is 0 Å². The fourth-order valence-corrected chi connectivity index (χ4v) is 3.22. The minimum Gasteiger partial charge on any atom is -0.328 e. The van der Waals surface area contributed by atoms with Crippen LogP contribution < -0.4 is 5.73 Å². The SMILES string of the molecule is Cn1cc(-c2cncn2C(CN)C2CCCC2)cn1. The maximum atomic E-state index is 6.03. The number of aromatic nitrogens is 4. The molecule has 1 unspecified atom stereocenters. The van der Waals surface area contributed by atoms with Crippen LogP contribution in [0.1, 0.15) is 31.7 Å². The highest BCUT2D eigenvalue weighted by Crippen LogP contribution is 2.35. The summed E-state index contributed by atoms with van der Waals surface area (Å²) in [6, 6.07) is 0.361. The zero-order valence-electron chi connectivity index (χ0n) is 11.4. The molecule has 0 amide bonds. The first kappa shape index (κ1) is 12.4. The smallest absolute Gasteiger partial charge is 0.0954 e. The number of hydrogen-bond acceptors (Lipinski definition) is 3. The van der Waals surface area contributed by atoms with Crippen molar-refractivity contribution in [2.45, 2.75) is 31.7 Å². The Hall–Kier alpha value is -1.62. The van der Waals surface area contributed by atoms with E-state index in [0.717, 1.165) is 11.3 Å². The van der Waals surface area contributed by atoms with Crippen LogP contribution in [0.2, 0.25) is 0 Å². The highest BCUT2D eigenvalue weighted by molar-refractivity contribution is 5.56. The number of hydrogen-bond donors (Lipinski definition) is 1. The Balaban J connectivity index is 1.93. The molecule has 0 saturated heterocycles. The maximum Gasteiger partial charge on any atom is 0.0954 e. The summed E-state index contributed by atoms with van der Waals surface area (Å²) < 4.78 is 4.06. The largest absolute Gasteiger partial charge is 0.328 e. The van der Waals surface area contributed by atoms with Crippen LogP contribution in [0.5, 0.6) is 0 Å². The molecular formula is C14H21N5. The van der Waals surface area contributed by atoms with Gasteiger partial charge in [-0.15, -0.1) is 0 Å². The van der Waals surface area contributed by atoms with Crippen LogP contribution in [-0.4, -0.2) is 25.9 Å². The van der Waals surface area contributed by atoms with E-state index < -0.39 is 0 Å². The molecule has 1 atom stereocenters. The molecule has 3 rings (SSSR count). The van der Waals surface area contributed by atoms with E-state index >= 15 is 0 Å². The first-order valence-electron chi connectivity index (χ1n) is 7.00. The van der Waals surface area contributed by atoms with Crippen molar-refractivity contribution in [2.75, 3.05) is 6.54 Å². The van der Waals surface area contributed by atoms with Gasteiger partial charge in [0.1, 0.15) is 0 Å². The Kier molecular flexibility index (Phi) is 3.38. The second kappa shape index (κ2) is 5.17. The van der Waals surface area contributed by atoms with Gasteiger partial charge in [0.15, 0.2) is 0 Å². The Labute approximate surface area is 113 Å². The molecule has 5 heteroatoms. The molecule has 2 aromatic heterocycles. The van der Waals surface area contributed by atoms with Gasteiger partial charge in [-0.25, -0.2) is 4.98 Å². The topological polar surface area (TPSA) is 61.7 Å². The lowest BCUT2D eigenvalue weighted by Crippen LogP contribution is -2.25. The summed E-state index contributed by atoms with van der Waals surface area (Å²) in [4.78, 5) is 4.32. The number of nitrogens with two attached hydrogens (primary N) is 1. The molecule has 0 bridgehead atoms. The molecule has 0 spiro atoms. The summed E-state index contributed by atoms with van der Waals surface area (Å²) in [7, 11) is 1.93. The lowest BCUT2D eigenvalue weighted by Gasteiger charge is -2.25. The first-order valence-corrected chi connectivity index (χ1v) is 7.00. The van der Waals surface area contributed by atoms with Gasteiger partial charge in [-0.05, 0) is 18.8 Å². The molecule has 1 saturated carbocycles. The number of aryl methyl sites for hydroxylation is 1. The van der Waals surface area contributed by atoms with E-state index in [4.69, 9.17) is 5.73 Å². The van der Waals surface area contributed by atoms with Crippen LogP contribution in [-0.2, 0) is 7.05 Å². The molecule has 2 heterocycles. The summed E-state index contributed by atoms with van der Waals surface area (Å²) >= 11 is 0. The summed E-state index contributed by atoms with van der Waals surface area (Å²) in [5.74, 6) is 0.689. The van der Waals surface area contributed by atoms with E-state index in [1.807, 2.05) is 36.6 Å². The standard InChI is InChI=1S/C14H21N5/c1-18-9-12(7-17-18)14-8-16-10-19(14)13(6-15)11-4-2-3-5-11/h7-11,13H,2-6,15H2,1H3. The Morgan fingerprint density at radius 2 is 2.16 bits per heavy atom. The van der Waals surface area contributed by atoms with Crippen LogP contribution >= 0.6 is 0 Å². The van der Waals surface area contributed by atoms with E-state index in [1.54, 1.807) is 0 Å². The minimum absolute atomic E-state index is 0.361. The van der Waals surface area contributed by atoms with Crippen molar-refractivity contribution in [1.82, 2.24) is 19.3 Å². The van der Waals surface area contributed by atoms with Gasteiger partial charge in [0.2, 0.25) is 0 Å².